The molecule has 1 aromatic carbocycles. The fourth-order valence-corrected chi connectivity index (χ4v) is 4.25. The van der Waals surface area contributed by atoms with Crippen LogP contribution in [0.1, 0.15) is 30.3 Å². The number of benzene rings is 1. The lowest BCUT2D eigenvalue weighted by Crippen LogP contribution is -2.16. The zero-order valence-electron chi connectivity index (χ0n) is 16.4. The zero-order chi connectivity index (χ0) is 22.0. The molecule has 162 valence electrons. The van der Waals surface area contributed by atoms with Crippen molar-refractivity contribution in [3.8, 4) is 5.75 Å². The molecule has 7 nitrogen and oxygen atoms in total. The average molecular weight is 499 g/mol. The predicted octanol–water partition coefficient (Wildman–Crippen LogP) is 5.59. The smallest absolute Gasteiger partial charge is 0.236 e. The lowest BCUT2D eigenvalue weighted by atomic mass is 10.3. The highest BCUT2D eigenvalue weighted by Gasteiger charge is 2.30. The van der Waals surface area contributed by atoms with Crippen molar-refractivity contribution >= 4 is 58.3 Å². The molecule has 0 unspecified atom stereocenters. The summed E-state index contributed by atoms with van der Waals surface area (Å²) in [6, 6.07) is 7.59. The molecule has 2 heterocycles. The standard InChI is InChI=1S/C20H18Cl3N5O2S/c1-11-14(22)8-24-19(18(11)23)25-17(29)10-31-20-27-26-16(28(20)12-6-7-12)9-30-15-5-3-2-4-13(15)21/h2-5,8,12H,6-7,9-10H2,1H3,(H,24,25,29). The predicted molar refractivity (Wildman–Crippen MR) is 122 cm³/mol. The van der Waals surface area contributed by atoms with Crippen molar-refractivity contribution in [2.24, 2.45) is 0 Å². The summed E-state index contributed by atoms with van der Waals surface area (Å²) in [4.78, 5) is 16.5. The van der Waals surface area contributed by atoms with Crippen LogP contribution in [0, 0.1) is 6.92 Å². The van der Waals surface area contributed by atoms with Gasteiger partial charge in [0.15, 0.2) is 16.8 Å². The third-order valence-electron chi connectivity index (χ3n) is 4.63. The van der Waals surface area contributed by atoms with Crippen molar-refractivity contribution < 1.29 is 9.53 Å². The van der Waals surface area contributed by atoms with Crippen LogP contribution in [0.3, 0.4) is 0 Å². The molecule has 0 radical (unpaired) electrons. The Morgan fingerprint density at radius 1 is 1.23 bits per heavy atom. The van der Waals surface area contributed by atoms with E-state index in [9.17, 15) is 4.79 Å². The minimum atomic E-state index is -0.250. The molecule has 1 amide bonds. The number of thioether (sulfide) groups is 1. The molecule has 1 fully saturated rings. The summed E-state index contributed by atoms with van der Waals surface area (Å²) >= 11 is 19.7. The Kier molecular flexibility index (Phi) is 6.91. The number of hydrogen-bond acceptors (Lipinski definition) is 6. The first kappa shape index (κ1) is 22.2. The molecule has 1 aliphatic rings. The summed E-state index contributed by atoms with van der Waals surface area (Å²) in [5.41, 5.74) is 0.665. The number of ether oxygens (including phenoxy) is 1. The van der Waals surface area contributed by atoms with Gasteiger partial charge < -0.3 is 10.1 Å². The maximum Gasteiger partial charge on any atom is 0.236 e. The van der Waals surface area contributed by atoms with Gasteiger partial charge in [0.1, 0.15) is 12.4 Å². The molecule has 1 aliphatic carbocycles. The molecular weight excluding hydrogens is 481 g/mol. The van der Waals surface area contributed by atoms with Gasteiger partial charge in [-0.15, -0.1) is 10.2 Å². The molecule has 0 bridgehead atoms. The SMILES string of the molecule is Cc1c(Cl)cnc(NC(=O)CSc2nnc(COc3ccccc3Cl)n2C2CC2)c1Cl. The van der Waals surface area contributed by atoms with Crippen molar-refractivity contribution in [2.75, 3.05) is 11.1 Å². The molecule has 1 saturated carbocycles. The molecule has 0 saturated heterocycles. The maximum absolute atomic E-state index is 12.4. The highest BCUT2D eigenvalue weighted by atomic mass is 35.5. The van der Waals surface area contributed by atoms with Gasteiger partial charge in [0.05, 0.1) is 20.8 Å². The Morgan fingerprint density at radius 2 is 2.00 bits per heavy atom. The van der Waals surface area contributed by atoms with Crippen molar-refractivity contribution in [2.45, 2.75) is 37.6 Å². The molecule has 3 aromatic rings. The van der Waals surface area contributed by atoms with Crippen LogP contribution in [-0.2, 0) is 11.4 Å². The van der Waals surface area contributed by atoms with E-state index in [1.807, 2.05) is 16.7 Å². The second-order valence-electron chi connectivity index (χ2n) is 6.95. The number of rotatable bonds is 8. The number of para-hydroxylation sites is 1. The summed E-state index contributed by atoms with van der Waals surface area (Å²) in [6.07, 6.45) is 3.54. The first-order chi connectivity index (χ1) is 14.9. The minimum Gasteiger partial charge on any atom is -0.484 e. The third kappa shape index (κ3) is 5.26. The quantitative estimate of drug-likeness (QED) is 0.408. The first-order valence-corrected chi connectivity index (χ1v) is 11.6. The minimum absolute atomic E-state index is 0.135. The van der Waals surface area contributed by atoms with Gasteiger partial charge in [0.25, 0.3) is 0 Å². The van der Waals surface area contributed by atoms with E-state index >= 15 is 0 Å². The molecule has 0 aliphatic heterocycles. The van der Waals surface area contributed by atoms with E-state index in [0.717, 1.165) is 12.8 Å². The zero-order valence-corrected chi connectivity index (χ0v) is 19.5. The van der Waals surface area contributed by atoms with Gasteiger partial charge in [-0.2, -0.15) is 0 Å². The van der Waals surface area contributed by atoms with E-state index < -0.39 is 0 Å². The third-order valence-corrected chi connectivity index (χ3v) is 6.73. The van der Waals surface area contributed by atoms with Gasteiger partial charge in [0, 0.05) is 12.2 Å². The van der Waals surface area contributed by atoms with Gasteiger partial charge in [0.2, 0.25) is 5.91 Å². The van der Waals surface area contributed by atoms with Crippen molar-refractivity contribution in [1.82, 2.24) is 19.7 Å². The fourth-order valence-electron chi connectivity index (χ4n) is 2.85. The molecule has 1 N–H and O–H groups in total. The van der Waals surface area contributed by atoms with Crippen LogP contribution in [0.2, 0.25) is 15.1 Å². The molecule has 11 heteroatoms. The highest BCUT2D eigenvalue weighted by Crippen LogP contribution is 2.39. The summed E-state index contributed by atoms with van der Waals surface area (Å²) in [5.74, 6) is 1.46. The van der Waals surface area contributed by atoms with Crippen molar-refractivity contribution in [3.05, 3.63) is 56.9 Å². The molecule has 0 atom stereocenters. The van der Waals surface area contributed by atoms with Gasteiger partial charge in [-0.1, -0.05) is 58.7 Å². The van der Waals surface area contributed by atoms with Crippen LogP contribution in [-0.4, -0.2) is 31.4 Å². The molecule has 0 spiro atoms. The number of nitrogens with zero attached hydrogens (tertiary/aromatic N) is 4. The van der Waals surface area contributed by atoms with Gasteiger partial charge in [-0.05, 0) is 37.5 Å². The normalized spacial score (nSPS) is 13.3. The van der Waals surface area contributed by atoms with Crippen LogP contribution < -0.4 is 10.1 Å². The lowest BCUT2D eigenvalue weighted by molar-refractivity contribution is -0.113. The van der Waals surface area contributed by atoms with E-state index in [1.54, 1.807) is 19.1 Å². The van der Waals surface area contributed by atoms with Crippen LogP contribution in [0.4, 0.5) is 5.82 Å². The average Bonchev–Trinajstić information content (AvgIpc) is 3.52. The Balaban J connectivity index is 1.40. The Labute approximate surface area is 198 Å². The van der Waals surface area contributed by atoms with Gasteiger partial charge in [-0.25, -0.2) is 4.98 Å². The Morgan fingerprint density at radius 3 is 2.74 bits per heavy atom. The number of halogens is 3. The largest absolute Gasteiger partial charge is 0.484 e. The fraction of sp³-hybridized carbons (Fsp3) is 0.300. The van der Waals surface area contributed by atoms with E-state index in [0.29, 0.717) is 43.4 Å². The van der Waals surface area contributed by atoms with E-state index in [1.165, 1.54) is 18.0 Å². The first-order valence-electron chi connectivity index (χ1n) is 9.48. The topological polar surface area (TPSA) is 81.9 Å². The number of aromatic nitrogens is 4. The number of amides is 1. The number of carbonyl (C=O) groups excluding carboxylic acids is 1. The Hall–Kier alpha value is -2.00. The van der Waals surface area contributed by atoms with Crippen LogP contribution >= 0.6 is 46.6 Å². The number of carbonyl (C=O) groups is 1. The van der Waals surface area contributed by atoms with E-state index in [-0.39, 0.29) is 24.1 Å². The van der Waals surface area contributed by atoms with Crippen molar-refractivity contribution in [3.63, 3.8) is 0 Å². The number of hydrogen-bond donors (Lipinski definition) is 1. The monoisotopic (exact) mass is 497 g/mol. The van der Waals surface area contributed by atoms with Crippen LogP contribution in [0.15, 0.2) is 35.6 Å². The summed E-state index contributed by atoms with van der Waals surface area (Å²) in [7, 11) is 0. The van der Waals surface area contributed by atoms with Crippen molar-refractivity contribution in [1.29, 1.82) is 0 Å². The maximum atomic E-state index is 12.4. The lowest BCUT2D eigenvalue weighted by Gasteiger charge is -2.11. The van der Waals surface area contributed by atoms with E-state index in [2.05, 4.69) is 20.5 Å². The number of anilines is 1. The van der Waals surface area contributed by atoms with Crippen LogP contribution in [0.5, 0.6) is 5.75 Å². The second kappa shape index (κ2) is 9.65. The van der Waals surface area contributed by atoms with Gasteiger partial charge >= 0.3 is 0 Å². The van der Waals surface area contributed by atoms with Gasteiger partial charge in [-0.3, -0.25) is 9.36 Å². The summed E-state index contributed by atoms with van der Waals surface area (Å²) in [5, 5.41) is 13.2. The number of pyridine rings is 1. The molecular formula is C20H18Cl3N5O2S. The summed E-state index contributed by atoms with van der Waals surface area (Å²) < 4.78 is 7.85. The molecule has 2 aromatic heterocycles. The highest BCUT2D eigenvalue weighted by molar-refractivity contribution is 7.99. The molecule has 31 heavy (non-hydrogen) atoms. The van der Waals surface area contributed by atoms with Crippen LogP contribution in [0.25, 0.3) is 0 Å². The molecule has 4 rings (SSSR count). The number of nitrogens with one attached hydrogen (secondary N) is 1. The summed E-state index contributed by atoms with van der Waals surface area (Å²) in [6.45, 7) is 2.00. The Bertz CT molecular complexity index is 1120. The second-order valence-corrected chi connectivity index (χ2v) is 9.08. The van der Waals surface area contributed by atoms with E-state index in [4.69, 9.17) is 39.5 Å².